The summed E-state index contributed by atoms with van der Waals surface area (Å²) in [4.78, 5) is 0. The number of ether oxygens (including phenoxy) is 1. The lowest BCUT2D eigenvalue weighted by Crippen LogP contribution is -2.30. The fraction of sp³-hybridized carbons (Fsp3) is 1.00. The highest BCUT2D eigenvalue weighted by atomic mass is 16.5. The second-order valence-corrected chi connectivity index (χ2v) is 7.40. The van der Waals surface area contributed by atoms with Crippen LogP contribution in [0.2, 0.25) is 0 Å². The Balaban J connectivity index is 1.70. The second kappa shape index (κ2) is 7.67. The molecule has 3 atom stereocenters. The fourth-order valence-corrected chi connectivity index (χ4v) is 4.19. The van der Waals surface area contributed by atoms with Crippen LogP contribution in [0.5, 0.6) is 0 Å². The van der Waals surface area contributed by atoms with E-state index in [1.165, 1.54) is 51.4 Å². The standard InChI is InChI=1S/C18H34O/c1-4-11-19-18-10-9-17(15(3)12-18)13-16-7-5-14(2)6-8-16/h14-18H,4-13H2,1-3H3. The first-order valence-electron chi connectivity index (χ1n) is 8.80. The molecule has 0 aliphatic heterocycles. The van der Waals surface area contributed by atoms with E-state index < -0.39 is 0 Å². The molecule has 112 valence electrons. The third-order valence-electron chi connectivity index (χ3n) is 5.63. The topological polar surface area (TPSA) is 9.23 Å². The van der Waals surface area contributed by atoms with Crippen LogP contribution in [0.15, 0.2) is 0 Å². The first-order chi connectivity index (χ1) is 9.19. The van der Waals surface area contributed by atoms with Gasteiger partial charge in [-0.3, -0.25) is 0 Å². The third kappa shape index (κ3) is 4.77. The van der Waals surface area contributed by atoms with Crippen molar-refractivity contribution in [2.45, 2.75) is 84.7 Å². The van der Waals surface area contributed by atoms with Crippen LogP contribution >= 0.6 is 0 Å². The van der Waals surface area contributed by atoms with Gasteiger partial charge in [-0.05, 0) is 55.8 Å². The van der Waals surface area contributed by atoms with Crippen molar-refractivity contribution in [3.8, 4) is 0 Å². The highest BCUT2D eigenvalue weighted by molar-refractivity contribution is 4.81. The maximum Gasteiger partial charge on any atom is 0.0577 e. The maximum absolute atomic E-state index is 5.95. The molecule has 2 fully saturated rings. The minimum absolute atomic E-state index is 0.567. The Hall–Kier alpha value is -0.0400. The molecule has 19 heavy (non-hydrogen) atoms. The Kier molecular flexibility index (Phi) is 6.19. The van der Waals surface area contributed by atoms with Crippen molar-refractivity contribution in [1.29, 1.82) is 0 Å². The van der Waals surface area contributed by atoms with E-state index in [0.717, 1.165) is 36.7 Å². The number of hydrogen-bond donors (Lipinski definition) is 0. The molecule has 0 radical (unpaired) electrons. The van der Waals surface area contributed by atoms with E-state index in [1.54, 1.807) is 0 Å². The zero-order valence-corrected chi connectivity index (χ0v) is 13.4. The maximum atomic E-state index is 5.95. The summed E-state index contributed by atoms with van der Waals surface area (Å²) in [6.45, 7) is 8.06. The van der Waals surface area contributed by atoms with Gasteiger partial charge in [0, 0.05) is 6.61 Å². The molecule has 2 aliphatic rings. The van der Waals surface area contributed by atoms with Gasteiger partial charge in [0.25, 0.3) is 0 Å². The molecule has 1 nitrogen and oxygen atoms in total. The Morgan fingerprint density at radius 3 is 2.32 bits per heavy atom. The zero-order chi connectivity index (χ0) is 13.7. The molecule has 3 unspecified atom stereocenters. The van der Waals surface area contributed by atoms with Crippen molar-refractivity contribution < 1.29 is 4.74 Å². The molecule has 0 aromatic heterocycles. The first-order valence-corrected chi connectivity index (χ1v) is 8.80. The van der Waals surface area contributed by atoms with Crippen LogP contribution in [0.4, 0.5) is 0 Å². The summed E-state index contributed by atoms with van der Waals surface area (Å²) < 4.78 is 5.95. The van der Waals surface area contributed by atoms with Gasteiger partial charge in [-0.2, -0.15) is 0 Å². The molecule has 2 rings (SSSR count). The van der Waals surface area contributed by atoms with Gasteiger partial charge >= 0.3 is 0 Å². The normalized spacial score (nSPS) is 40.3. The van der Waals surface area contributed by atoms with Crippen LogP contribution in [0.3, 0.4) is 0 Å². The summed E-state index contributed by atoms with van der Waals surface area (Å²) in [5, 5.41) is 0. The third-order valence-corrected chi connectivity index (χ3v) is 5.63. The molecule has 2 saturated carbocycles. The van der Waals surface area contributed by atoms with Crippen molar-refractivity contribution in [1.82, 2.24) is 0 Å². The average molecular weight is 266 g/mol. The average Bonchev–Trinajstić information content (AvgIpc) is 2.41. The minimum Gasteiger partial charge on any atom is -0.378 e. The van der Waals surface area contributed by atoms with E-state index in [4.69, 9.17) is 4.74 Å². The Morgan fingerprint density at radius 1 is 0.947 bits per heavy atom. The van der Waals surface area contributed by atoms with Crippen LogP contribution in [0, 0.1) is 23.7 Å². The lowest BCUT2D eigenvalue weighted by Gasteiger charge is -2.37. The van der Waals surface area contributed by atoms with Gasteiger partial charge < -0.3 is 4.74 Å². The van der Waals surface area contributed by atoms with Gasteiger partial charge in [-0.15, -0.1) is 0 Å². The molecule has 0 spiro atoms. The fourth-order valence-electron chi connectivity index (χ4n) is 4.19. The molecular weight excluding hydrogens is 232 g/mol. The smallest absolute Gasteiger partial charge is 0.0577 e. The van der Waals surface area contributed by atoms with Gasteiger partial charge in [0.2, 0.25) is 0 Å². The van der Waals surface area contributed by atoms with Gasteiger partial charge in [-0.25, -0.2) is 0 Å². The summed E-state index contributed by atoms with van der Waals surface area (Å²) in [6, 6.07) is 0. The highest BCUT2D eigenvalue weighted by Gasteiger charge is 2.30. The summed E-state index contributed by atoms with van der Waals surface area (Å²) in [5.74, 6) is 3.90. The molecule has 0 aromatic carbocycles. The predicted molar refractivity (Wildman–Crippen MR) is 82.3 cm³/mol. The van der Waals surface area contributed by atoms with E-state index in [1.807, 2.05) is 0 Å². The molecule has 2 aliphatic carbocycles. The molecule has 0 N–H and O–H groups in total. The van der Waals surface area contributed by atoms with Crippen molar-refractivity contribution >= 4 is 0 Å². The van der Waals surface area contributed by atoms with E-state index in [-0.39, 0.29) is 0 Å². The largest absolute Gasteiger partial charge is 0.378 e. The summed E-state index contributed by atoms with van der Waals surface area (Å²) in [6.07, 6.45) is 13.2. The van der Waals surface area contributed by atoms with E-state index in [0.29, 0.717) is 6.10 Å². The number of rotatable bonds is 5. The van der Waals surface area contributed by atoms with Crippen molar-refractivity contribution in [3.63, 3.8) is 0 Å². The predicted octanol–water partition coefficient (Wildman–Crippen LogP) is 5.43. The highest BCUT2D eigenvalue weighted by Crippen LogP contribution is 2.39. The monoisotopic (exact) mass is 266 g/mol. The molecule has 0 amide bonds. The minimum atomic E-state index is 0.567. The zero-order valence-electron chi connectivity index (χ0n) is 13.4. The Morgan fingerprint density at radius 2 is 1.68 bits per heavy atom. The quantitative estimate of drug-likeness (QED) is 0.644. The van der Waals surface area contributed by atoms with Crippen LogP contribution in [-0.4, -0.2) is 12.7 Å². The van der Waals surface area contributed by atoms with E-state index in [9.17, 15) is 0 Å². The second-order valence-electron chi connectivity index (χ2n) is 7.40. The molecule has 0 saturated heterocycles. The van der Waals surface area contributed by atoms with Crippen LogP contribution in [0.25, 0.3) is 0 Å². The van der Waals surface area contributed by atoms with Gasteiger partial charge in [0.05, 0.1) is 6.10 Å². The van der Waals surface area contributed by atoms with Gasteiger partial charge in [-0.1, -0.05) is 46.5 Å². The first kappa shape index (κ1) is 15.4. The SMILES string of the molecule is CCCOC1CCC(CC2CCC(C)CC2)C(C)C1. The molecule has 0 aromatic rings. The van der Waals surface area contributed by atoms with E-state index >= 15 is 0 Å². The molecule has 0 bridgehead atoms. The van der Waals surface area contributed by atoms with E-state index in [2.05, 4.69) is 20.8 Å². The Bertz CT molecular complexity index is 242. The van der Waals surface area contributed by atoms with Crippen LogP contribution in [-0.2, 0) is 4.74 Å². The molecule has 0 heterocycles. The Labute approximate surface area is 120 Å². The summed E-state index contributed by atoms with van der Waals surface area (Å²) in [7, 11) is 0. The molecule has 1 heteroatoms. The van der Waals surface area contributed by atoms with Crippen molar-refractivity contribution in [2.75, 3.05) is 6.61 Å². The van der Waals surface area contributed by atoms with Crippen molar-refractivity contribution in [2.24, 2.45) is 23.7 Å². The summed E-state index contributed by atoms with van der Waals surface area (Å²) >= 11 is 0. The lowest BCUT2D eigenvalue weighted by atomic mass is 9.71. The molecular formula is C18H34O. The van der Waals surface area contributed by atoms with Crippen molar-refractivity contribution in [3.05, 3.63) is 0 Å². The summed E-state index contributed by atoms with van der Waals surface area (Å²) in [5.41, 5.74) is 0. The van der Waals surface area contributed by atoms with Gasteiger partial charge in [0.15, 0.2) is 0 Å². The lowest BCUT2D eigenvalue weighted by molar-refractivity contribution is -0.00451. The number of hydrogen-bond acceptors (Lipinski definition) is 1. The van der Waals surface area contributed by atoms with Crippen LogP contribution < -0.4 is 0 Å². The van der Waals surface area contributed by atoms with Gasteiger partial charge in [0.1, 0.15) is 0 Å². The van der Waals surface area contributed by atoms with Crippen LogP contribution in [0.1, 0.15) is 78.6 Å².